The van der Waals surface area contributed by atoms with Crippen LogP contribution in [0, 0.1) is 0 Å². The summed E-state index contributed by atoms with van der Waals surface area (Å²) in [5.74, 6) is -0.112. The van der Waals surface area contributed by atoms with Gasteiger partial charge in [0.2, 0.25) is 0 Å². The van der Waals surface area contributed by atoms with Crippen LogP contribution in [-0.4, -0.2) is 18.6 Å². The number of rotatable bonds is 3. The number of fused-ring (bicyclic) bond motifs is 1. The average Bonchev–Trinajstić information content (AvgIpc) is 2.29. The van der Waals surface area contributed by atoms with E-state index >= 15 is 0 Å². The second-order valence-corrected chi connectivity index (χ2v) is 4.05. The van der Waals surface area contributed by atoms with Crippen molar-refractivity contribution in [1.29, 1.82) is 0 Å². The van der Waals surface area contributed by atoms with Gasteiger partial charge in [0.15, 0.2) is 0 Å². The number of carbonyl (C=O) groups excluding carboxylic acids is 1. The van der Waals surface area contributed by atoms with E-state index in [1.165, 1.54) is 5.56 Å². The van der Waals surface area contributed by atoms with Crippen molar-refractivity contribution in [2.24, 2.45) is 0 Å². The fourth-order valence-electron chi connectivity index (χ4n) is 2.08. The molecule has 3 heteroatoms. The van der Waals surface area contributed by atoms with E-state index in [2.05, 4.69) is 17.4 Å². The van der Waals surface area contributed by atoms with Crippen LogP contribution in [0.5, 0.6) is 0 Å². The van der Waals surface area contributed by atoms with Gasteiger partial charge in [0.1, 0.15) is 0 Å². The minimum absolute atomic E-state index is 0.112. The Labute approximate surface area is 95.8 Å². The molecule has 0 amide bonds. The number of anilines is 1. The lowest BCUT2D eigenvalue weighted by Crippen LogP contribution is -2.28. The minimum Gasteiger partial charge on any atom is -0.466 e. The molecule has 16 heavy (non-hydrogen) atoms. The summed E-state index contributed by atoms with van der Waals surface area (Å²) in [6.07, 6.45) is 2.49. The van der Waals surface area contributed by atoms with Gasteiger partial charge in [0, 0.05) is 11.7 Å². The van der Waals surface area contributed by atoms with Crippen molar-refractivity contribution >= 4 is 11.7 Å². The first-order valence-electron chi connectivity index (χ1n) is 5.79. The lowest BCUT2D eigenvalue weighted by molar-refractivity contribution is -0.143. The van der Waals surface area contributed by atoms with E-state index in [0.717, 1.165) is 18.5 Å². The number of hydrogen-bond acceptors (Lipinski definition) is 3. The Morgan fingerprint density at radius 2 is 2.31 bits per heavy atom. The first-order chi connectivity index (χ1) is 7.79. The normalized spacial score (nSPS) is 18.4. The van der Waals surface area contributed by atoms with Gasteiger partial charge in [0.05, 0.1) is 13.0 Å². The van der Waals surface area contributed by atoms with Crippen molar-refractivity contribution in [1.82, 2.24) is 0 Å². The zero-order valence-corrected chi connectivity index (χ0v) is 9.53. The summed E-state index contributed by atoms with van der Waals surface area (Å²) in [5.41, 5.74) is 2.49. The average molecular weight is 219 g/mol. The molecule has 86 valence electrons. The largest absolute Gasteiger partial charge is 0.466 e. The summed E-state index contributed by atoms with van der Waals surface area (Å²) < 4.78 is 4.95. The highest BCUT2D eigenvalue weighted by atomic mass is 16.5. The van der Waals surface area contributed by atoms with Gasteiger partial charge < -0.3 is 10.1 Å². The van der Waals surface area contributed by atoms with Gasteiger partial charge in [-0.25, -0.2) is 0 Å². The standard InChI is InChI=1S/C13H17NO2/c1-2-16-13(15)9-11-8-7-10-5-3-4-6-12(10)14-11/h3-6,11,14H,2,7-9H2,1H3/t11-/m0/s1. The Kier molecular flexibility index (Phi) is 3.44. The van der Waals surface area contributed by atoms with Crippen molar-refractivity contribution in [3.63, 3.8) is 0 Å². The molecule has 0 saturated heterocycles. The van der Waals surface area contributed by atoms with E-state index in [1.807, 2.05) is 19.1 Å². The van der Waals surface area contributed by atoms with E-state index in [9.17, 15) is 4.79 Å². The Morgan fingerprint density at radius 1 is 1.50 bits per heavy atom. The number of carbonyl (C=O) groups is 1. The van der Waals surface area contributed by atoms with Gasteiger partial charge in [-0.15, -0.1) is 0 Å². The molecule has 0 bridgehead atoms. The Hall–Kier alpha value is -1.51. The van der Waals surface area contributed by atoms with Crippen LogP contribution in [0.3, 0.4) is 0 Å². The molecule has 1 N–H and O–H groups in total. The molecule has 0 fully saturated rings. The Morgan fingerprint density at radius 3 is 3.12 bits per heavy atom. The fraction of sp³-hybridized carbons (Fsp3) is 0.462. The summed E-state index contributed by atoms with van der Waals surface area (Å²) in [4.78, 5) is 11.4. The molecule has 1 heterocycles. The molecule has 0 spiro atoms. The summed E-state index contributed by atoms with van der Waals surface area (Å²) in [6, 6.07) is 8.47. The Balaban J connectivity index is 1.95. The van der Waals surface area contributed by atoms with Crippen LogP contribution in [0.4, 0.5) is 5.69 Å². The fourth-order valence-corrected chi connectivity index (χ4v) is 2.08. The number of hydrogen-bond donors (Lipinski definition) is 1. The van der Waals surface area contributed by atoms with Crippen molar-refractivity contribution in [3.8, 4) is 0 Å². The van der Waals surface area contributed by atoms with E-state index in [1.54, 1.807) is 0 Å². The predicted molar refractivity (Wildman–Crippen MR) is 63.4 cm³/mol. The summed E-state index contributed by atoms with van der Waals surface area (Å²) in [5, 5.41) is 3.39. The van der Waals surface area contributed by atoms with Gasteiger partial charge in [-0.1, -0.05) is 18.2 Å². The molecule has 1 aliphatic rings. The van der Waals surface area contributed by atoms with Crippen molar-refractivity contribution in [2.75, 3.05) is 11.9 Å². The van der Waals surface area contributed by atoms with Gasteiger partial charge >= 0.3 is 5.97 Å². The zero-order valence-electron chi connectivity index (χ0n) is 9.53. The molecule has 0 unspecified atom stereocenters. The molecular formula is C13H17NO2. The topological polar surface area (TPSA) is 38.3 Å². The molecule has 0 aromatic heterocycles. The third kappa shape index (κ3) is 2.54. The van der Waals surface area contributed by atoms with Crippen LogP contribution in [0.25, 0.3) is 0 Å². The first-order valence-corrected chi connectivity index (χ1v) is 5.79. The summed E-state index contributed by atoms with van der Waals surface area (Å²) in [7, 11) is 0. The zero-order chi connectivity index (χ0) is 11.4. The molecule has 1 atom stereocenters. The second kappa shape index (κ2) is 5.01. The Bertz CT molecular complexity index is 376. The molecule has 1 aromatic carbocycles. The van der Waals surface area contributed by atoms with Gasteiger partial charge in [0.25, 0.3) is 0 Å². The molecule has 3 nitrogen and oxygen atoms in total. The van der Waals surface area contributed by atoms with Gasteiger partial charge in [-0.05, 0) is 31.4 Å². The molecular weight excluding hydrogens is 202 g/mol. The second-order valence-electron chi connectivity index (χ2n) is 4.05. The van der Waals surface area contributed by atoms with E-state index in [4.69, 9.17) is 4.74 Å². The number of para-hydroxylation sites is 1. The SMILES string of the molecule is CCOC(=O)C[C@@H]1CCc2ccccc2N1. The molecule has 0 radical (unpaired) electrons. The van der Waals surface area contributed by atoms with E-state index < -0.39 is 0 Å². The van der Waals surface area contributed by atoms with Crippen LogP contribution in [-0.2, 0) is 16.0 Å². The maximum absolute atomic E-state index is 11.4. The number of ether oxygens (including phenoxy) is 1. The molecule has 0 aliphatic carbocycles. The minimum atomic E-state index is -0.112. The highest BCUT2D eigenvalue weighted by molar-refractivity contribution is 5.71. The first kappa shape index (κ1) is 11.0. The lowest BCUT2D eigenvalue weighted by Gasteiger charge is -2.26. The van der Waals surface area contributed by atoms with Gasteiger partial charge in [-0.2, -0.15) is 0 Å². The highest BCUT2D eigenvalue weighted by Crippen LogP contribution is 2.25. The number of aryl methyl sites for hydroxylation is 1. The molecule has 2 rings (SSSR count). The van der Waals surface area contributed by atoms with Crippen LogP contribution in [0.15, 0.2) is 24.3 Å². The predicted octanol–water partition coefficient (Wildman–Crippen LogP) is 2.37. The van der Waals surface area contributed by atoms with Crippen LogP contribution in [0.2, 0.25) is 0 Å². The van der Waals surface area contributed by atoms with Crippen LogP contribution >= 0.6 is 0 Å². The smallest absolute Gasteiger partial charge is 0.307 e. The summed E-state index contributed by atoms with van der Waals surface area (Å²) >= 11 is 0. The number of nitrogens with one attached hydrogen (secondary N) is 1. The quantitative estimate of drug-likeness (QED) is 0.793. The third-order valence-corrected chi connectivity index (χ3v) is 2.86. The third-order valence-electron chi connectivity index (χ3n) is 2.86. The molecule has 1 aliphatic heterocycles. The van der Waals surface area contributed by atoms with Crippen molar-refractivity contribution in [3.05, 3.63) is 29.8 Å². The highest BCUT2D eigenvalue weighted by Gasteiger charge is 2.20. The van der Waals surface area contributed by atoms with E-state index in [-0.39, 0.29) is 12.0 Å². The monoisotopic (exact) mass is 219 g/mol. The molecule has 0 saturated carbocycles. The van der Waals surface area contributed by atoms with Gasteiger partial charge in [-0.3, -0.25) is 4.79 Å². The van der Waals surface area contributed by atoms with E-state index in [0.29, 0.717) is 13.0 Å². The lowest BCUT2D eigenvalue weighted by atomic mass is 9.96. The number of benzene rings is 1. The van der Waals surface area contributed by atoms with Crippen molar-refractivity contribution < 1.29 is 9.53 Å². The van der Waals surface area contributed by atoms with Crippen molar-refractivity contribution in [2.45, 2.75) is 32.2 Å². The maximum Gasteiger partial charge on any atom is 0.307 e. The number of esters is 1. The maximum atomic E-state index is 11.4. The molecule has 1 aromatic rings. The summed E-state index contributed by atoms with van der Waals surface area (Å²) in [6.45, 7) is 2.30. The van der Waals surface area contributed by atoms with Crippen LogP contribution < -0.4 is 5.32 Å². The van der Waals surface area contributed by atoms with Crippen LogP contribution in [0.1, 0.15) is 25.3 Å².